The van der Waals surface area contributed by atoms with E-state index < -0.39 is 12.0 Å². The van der Waals surface area contributed by atoms with Crippen LogP contribution < -0.4 is 5.32 Å². The van der Waals surface area contributed by atoms with E-state index in [2.05, 4.69) is 23.5 Å². The Bertz CT molecular complexity index is 403. The Balaban J connectivity index is 2.20. The highest BCUT2D eigenvalue weighted by atomic mass is 16.4. The second kappa shape index (κ2) is 5.32. The van der Waals surface area contributed by atoms with E-state index in [0.717, 1.165) is 19.3 Å². The van der Waals surface area contributed by atoms with Gasteiger partial charge < -0.3 is 5.11 Å². The SMILES string of the molecule is CC(NC1CCCCc2ccccc21)C(=O)O. The standard InChI is InChI=1S/C14H19NO2/c1-10(14(16)17)15-13-9-5-3-7-11-6-2-4-8-12(11)13/h2,4,6,8,10,13,15H,3,5,7,9H2,1H3,(H,16,17). The number of hydrogen-bond donors (Lipinski definition) is 2. The van der Waals surface area contributed by atoms with Crippen molar-refractivity contribution in [2.24, 2.45) is 0 Å². The average Bonchev–Trinajstić information content (AvgIpc) is 2.52. The van der Waals surface area contributed by atoms with Gasteiger partial charge in [-0.3, -0.25) is 10.1 Å². The Labute approximate surface area is 102 Å². The zero-order chi connectivity index (χ0) is 12.3. The van der Waals surface area contributed by atoms with Crippen LogP contribution in [0.2, 0.25) is 0 Å². The zero-order valence-electron chi connectivity index (χ0n) is 10.1. The highest BCUT2D eigenvalue weighted by Crippen LogP contribution is 2.28. The Kier molecular flexibility index (Phi) is 3.79. The third-order valence-electron chi connectivity index (χ3n) is 3.44. The number of carboxylic acids is 1. The minimum absolute atomic E-state index is 0.180. The van der Waals surface area contributed by atoms with Crippen molar-refractivity contribution in [1.29, 1.82) is 0 Å². The molecule has 0 amide bonds. The molecule has 2 unspecified atom stereocenters. The van der Waals surface area contributed by atoms with Crippen molar-refractivity contribution in [2.75, 3.05) is 0 Å². The lowest BCUT2D eigenvalue weighted by Crippen LogP contribution is -2.36. The van der Waals surface area contributed by atoms with E-state index in [1.54, 1.807) is 6.92 Å². The van der Waals surface area contributed by atoms with Gasteiger partial charge in [-0.1, -0.05) is 30.7 Å². The van der Waals surface area contributed by atoms with Gasteiger partial charge in [0, 0.05) is 6.04 Å². The largest absolute Gasteiger partial charge is 0.480 e. The molecule has 2 rings (SSSR count). The minimum atomic E-state index is -0.785. The molecule has 1 aliphatic carbocycles. The normalized spacial score (nSPS) is 21.4. The van der Waals surface area contributed by atoms with E-state index in [1.165, 1.54) is 17.5 Å². The predicted molar refractivity (Wildman–Crippen MR) is 67.0 cm³/mol. The van der Waals surface area contributed by atoms with Crippen LogP contribution >= 0.6 is 0 Å². The molecule has 0 aromatic heterocycles. The number of aliphatic carboxylic acids is 1. The summed E-state index contributed by atoms with van der Waals surface area (Å²) in [6, 6.07) is 8.05. The van der Waals surface area contributed by atoms with Crippen molar-refractivity contribution in [3.8, 4) is 0 Å². The fourth-order valence-electron chi connectivity index (χ4n) is 2.47. The van der Waals surface area contributed by atoms with Crippen molar-refractivity contribution in [3.63, 3.8) is 0 Å². The summed E-state index contributed by atoms with van der Waals surface area (Å²) in [4.78, 5) is 10.9. The summed E-state index contributed by atoms with van der Waals surface area (Å²) in [5.74, 6) is -0.785. The summed E-state index contributed by atoms with van der Waals surface area (Å²) in [7, 11) is 0. The average molecular weight is 233 g/mol. The van der Waals surface area contributed by atoms with Crippen LogP contribution in [0.1, 0.15) is 43.4 Å². The fraction of sp³-hybridized carbons (Fsp3) is 0.500. The molecule has 3 nitrogen and oxygen atoms in total. The van der Waals surface area contributed by atoms with Gasteiger partial charge in [-0.2, -0.15) is 0 Å². The Morgan fingerprint density at radius 2 is 2.18 bits per heavy atom. The molecule has 0 radical (unpaired) electrons. The molecule has 0 spiro atoms. The number of aryl methyl sites for hydroxylation is 1. The highest BCUT2D eigenvalue weighted by molar-refractivity contribution is 5.72. The van der Waals surface area contributed by atoms with Crippen molar-refractivity contribution in [2.45, 2.75) is 44.7 Å². The van der Waals surface area contributed by atoms with Crippen LogP contribution in [-0.2, 0) is 11.2 Å². The lowest BCUT2D eigenvalue weighted by atomic mass is 9.98. The first-order valence-corrected chi connectivity index (χ1v) is 6.25. The van der Waals surface area contributed by atoms with Crippen molar-refractivity contribution in [1.82, 2.24) is 5.32 Å². The molecule has 0 heterocycles. The van der Waals surface area contributed by atoms with Gasteiger partial charge in [-0.15, -0.1) is 0 Å². The maximum absolute atomic E-state index is 10.9. The van der Waals surface area contributed by atoms with E-state index in [-0.39, 0.29) is 6.04 Å². The van der Waals surface area contributed by atoms with E-state index in [9.17, 15) is 4.79 Å². The quantitative estimate of drug-likeness (QED) is 0.789. The molecular formula is C14H19NO2. The number of fused-ring (bicyclic) bond motifs is 1. The van der Waals surface area contributed by atoms with Gasteiger partial charge in [0.15, 0.2) is 0 Å². The van der Waals surface area contributed by atoms with Gasteiger partial charge in [-0.25, -0.2) is 0 Å². The number of hydrogen-bond acceptors (Lipinski definition) is 2. The first kappa shape index (κ1) is 12.1. The molecule has 0 saturated carbocycles. The minimum Gasteiger partial charge on any atom is -0.480 e. The third kappa shape index (κ3) is 2.86. The number of rotatable bonds is 3. The third-order valence-corrected chi connectivity index (χ3v) is 3.44. The number of nitrogens with one attached hydrogen (secondary N) is 1. The first-order chi connectivity index (χ1) is 8.18. The summed E-state index contributed by atoms with van der Waals surface area (Å²) >= 11 is 0. The first-order valence-electron chi connectivity index (χ1n) is 6.25. The number of carbonyl (C=O) groups is 1. The van der Waals surface area contributed by atoms with E-state index in [0.29, 0.717) is 0 Å². The van der Waals surface area contributed by atoms with Gasteiger partial charge in [0.1, 0.15) is 6.04 Å². The molecule has 3 heteroatoms. The smallest absolute Gasteiger partial charge is 0.320 e. The van der Waals surface area contributed by atoms with E-state index >= 15 is 0 Å². The van der Waals surface area contributed by atoms with E-state index in [4.69, 9.17) is 5.11 Å². The van der Waals surface area contributed by atoms with Gasteiger partial charge in [0.05, 0.1) is 0 Å². The van der Waals surface area contributed by atoms with Crippen LogP contribution in [0.25, 0.3) is 0 Å². The molecule has 0 bridgehead atoms. The topological polar surface area (TPSA) is 49.3 Å². The summed E-state index contributed by atoms with van der Waals surface area (Å²) in [5.41, 5.74) is 2.64. The van der Waals surface area contributed by atoms with Crippen molar-refractivity contribution < 1.29 is 9.90 Å². The van der Waals surface area contributed by atoms with Crippen LogP contribution in [0.5, 0.6) is 0 Å². The molecule has 0 aliphatic heterocycles. The molecule has 1 aromatic rings. The van der Waals surface area contributed by atoms with Gasteiger partial charge in [0.2, 0.25) is 0 Å². The van der Waals surface area contributed by atoms with Crippen LogP contribution in [0.15, 0.2) is 24.3 Å². The van der Waals surface area contributed by atoms with Crippen molar-refractivity contribution in [3.05, 3.63) is 35.4 Å². The molecule has 1 aliphatic rings. The lowest BCUT2D eigenvalue weighted by molar-refractivity contribution is -0.139. The van der Waals surface area contributed by atoms with Gasteiger partial charge >= 0.3 is 5.97 Å². The summed E-state index contributed by atoms with van der Waals surface area (Å²) in [6.45, 7) is 1.70. The van der Waals surface area contributed by atoms with Crippen molar-refractivity contribution >= 4 is 5.97 Å². The Morgan fingerprint density at radius 3 is 2.94 bits per heavy atom. The van der Waals surface area contributed by atoms with Gasteiger partial charge in [-0.05, 0) is 37.3 Å². The lowest BCUT2D eigenvalue weighted by Gasteiger charge is -2.21. The maximum Gasteiger partial charge on any atom is 0.320 e. The molecule has 2 atom stereocenters. The summed E-state index contributed by atoms with van der Waals surface area (Å²) < 4.78 is 0. The summed E-state index contributed by atoms with van der Waals surface area (Å²) in [6.07, 6.45) is 4.47. The Hall–Kier alpha value is -1.35. The summed E-state index contributed by atoms with van der Waals surface area (Å²) in [5, 5.41) is 12.2. The number of benzene rings is 1. The molecule has 0 fully saturated rings. The molecule has 2 N–H and O–H groups in total. The predicted octanol–water partition coefficient (Wildman–Crippen LogP) is 2.52. The molecule has 17 heavy (non-hydrogen) atoms. The highest BCUT2D eigenvalue weighted by Gasteiger charge is 2.21. The van der Waals surface area contributed by atoms with Crippen LogP contribution in [0, 0.1) is 0 Å². The van der Waals surface area contributed by atoms with Gasteiger partial charge in [0.25, 0.3) is 0 Å². The second-order valence-electron chi connectivity index (χ2n) is 4.72. The Morgan fingerprint density at radius 1 is 1.41 bits per heavy atom. The molecule has 1 aromatic carbocycles. The second-order valence-corrected chi connectivity index (χ2v) is 4.72. The van der Waals surface area contributed by atoms with Crippen LogP contribution in [-0.4, -0.2) is 17.1 Å². The molecule has 0 saturated heterocycles. The van der Waals surface area contributed by atoms with E-state index in [1.807, 2.05) is 6.07 Å². The maximum atomic E-state index is 10.9. The van der Waals surface area contributed by atoms with Crippen LogP contribution in [0.3, 0.4) is 0 Å². The molecular weight excluding hydrogens is 214 g/mol. The number of carboxylic acid groups (broad SMARTS) is 1. The zero-order valence-corrected chi connectivity index (χ0v) is 10.1. The molecule has 92 valence electrons. The van der Waals surface area contributed by atoms with Crippen LogP contribution in [0.4, 0.5) is 0 Å². The fourth-order valence-corrected chi connectivity index (χ4v) is 2.47. The monoisotopic (exact) mass is 233 g/mol.